The van der Waals surface area contributed by atoms with Crippen molar-refractivity contribution in [3.8, 4) is 0 Å². The molecule has 21 heavy (non-hydrogen) atoms. The summed E-state index contributed by atoms with van der Waals surface area (Å²) >= 11 is 2.97. The maximum Gasteiger partial charge on any atom is 0.326 e. The van der Waals surface area contributed by atoms with Gasteiger partial charge in [-0.05, 0) is 42.7 Å². The van der Waals surface area contributed by atoms with E-state index in [2.05, 4.69) is 5.32 Å². The van der Waals surface area contributed by atoms with Gasteiger partial charge in [-0.25, -0.2) is 9.18 Å². The number of carboxylic acid groups (broad SMARTS) is 1. The number of amides is 1. The molecule has 7 heteroatoms. The Kier molecular flexibility index (Phi) is 8.22. The zero-order valence-corrected chi connectivity index (χ0v) is 13.3. The van der Waals surface area contributed by atoms with Gasteiger partial charge in [0.2, 0.25) is 5.91 Å². The van der Waals surface area contributed by atoms with Gasteiger partial charge >= 0.3 is 5.97 Å². The minimum Gasteiger partial charge on any atom is -0.480 e. The van der Waals surface area contributed by atoms with Crippen LogP contribution < -0.4 is 5.32 Å². The van der Waals surface area contributed by atoms with Crippen LogP contribution in [0.25, 0.3) is 0 Å². The van der Waals surface area contributed by atoms with Crippen molar-refractivity contribution in [3.05, 3.63) is 30.1 Å². The van der Waals surface area contributed by atoms with Crippen molar-refractivity contribution in [2.24, 2.45) is 0 Å². The van der Waals surface area contributed by atoms with Gasteiger partial charge in [0.25, 0.3) is 0 Å². The third-order valence-corrected chi connectivity index (χ3v) is 4.31. The Balaban J connectivity index is 2.32. The lowest BCUT2D eigenvalue weighted by molar-refractivity contribution is -0.141. The molecule has 0 saturated carbocycles. The molecule has 1 atom stereocenters. The van der Waals surface area contributed by atoms with Gasteiger partial charge in [0.15, 0.2) is 0 Å². The predicted molar refractivity (Wildman–Crippen MR) is 84.3 cm³/mol. The van der Waals surface area contributed by atoms with E-state index in [1.165, 1.54) is 23.9 Å². The van der Waals surface area contributed by atoms with Crippen LogP contribution in [0.1, 0.15) is 12.8 Å². The van der Waals surface area contributed by atoms with Gasteiger partial charge in [0, 0.05) is 17.1 Å². The summed E-state index contributed by atoms with van der Waals surface area (Å²) in [5.41, 5.74) is 0. The molecular weight excluding hydrogens is 313 g/mol. The summed E-state index contributed by atoms with van der Waals surface area (Å²) in [6.07, 6.45) is 2.53. The van der Waals surface area contributed by atoms with Crippen LogP contribution >= 0.6 is 23.5 Å². The summed E-state index contributed by atoms with van der Waals surface area (Å²) in [7, 11) is 0. The Bertz CT molecular complexity index is 468. The Morgan fingerprint density at radius 3 is 2.52 bits per heavy atom. The molecule has 1 aromatic carbocycles. The van der Waals surface area contributed by atoms with Crippen molar-refractivity contribution in [2.75, 3.05) is 17.8 Å². The average Bonchev–Trinajstić information content (AvgIpc) is 2.45. The number of halogens is 1. The molecule has 0 aliphatic carbocycles. The first-order valence-corrected chi connectivity index (χ1v) is 8.80. The lowest BCUT2D eigenvalue weighted by Gasteiger charge is -2.13. The van der Waals surface area contributed by atoms with E-state index in [0.717, 1.165) is 4.90 Å². The van der Waals surface area contributed by atoms with Gasteiger partial charge in [0.1, 0.15) is 11.9 Å². The Hall–Kier alpha value is -1.21. The van der Waals surface area contributed by atoms with Crippen molar-refractivity contribution >= 4 is 35.4 Å². The van der Waals surface area contributed by atoms with E-state index in [-0.39, 0.29) is 18.1 Å². The number of carbonyl (C=O) groups is 2. The van der Waals surface area contributed by atoms with Crippen molar-refractivity contribution in [3.63, 3.8) is 0 Å². The number of carboxylic acids is 1. The number of hydrogen-bond donors (Lipinski definition) is 2. The molecule has 0 fully saturated rings. The van der Waals surface area contributed by atoms with E-state index in [0.29, 0.717) is 17.9 Å². The van der Waals surface area contributed by atoms with Crippen LogP contribution in [0.2, 0.25) is 0 Å². The third kappa shape index (κ3) is 7.38. The summed E-state index contributed by atoms with van der Waals surface area (Å²) in [5, 5.41) is 11.5. The number of rotatable bonds is 9. The fourth-order valence-corrected chi connectivity index (χ4v) is 2.88. The normalized spacial score (nSPS) is 11.9. The molecule has 0 aliphatic rings. The van der Waals surface area contributed by atoms with E-state index in [9.17, 15) is 14.0 Å². The van der Waals surface area contributed by atoms with Gasteiger partial charge < -0.3 is 10.4 Å². The van der Waals surface area contributed by atoms with Crippen LogP contribution in [-0.4, -0.2) is 40.8 Å². The van der Waals surface area contributed by atoms with E-state index in [1.54, 1.807) is 23.9 Å². The molecule has 0 bridgehead atoms. The molecule has 2 N–H and O–H groups in total. The van der Waals surface area contributed by atoms with Crippen LogP contribution in [0.5, 0.6) is 0 Å². The zero-order chi connectivity index (χ0) is 15.7. The maximum absolute atomic E-state index is 12.7. The van der Waals surface area contributed by atoms with E-state index in [1.807, 2.05) is 6.26 Å². The number of thioether (sulfide) groups is 2. The van der Waals surface area contributed by atoms with E-state index in [4.69, 9.17) is 5.11 Å². The predicted octanol–water partition coefficient (Wildman–Crippen LogP) is 2.63. The molecule has 0 aromatic heterocycles. The van der Waals surface area contributed by atoms with E-state index < -0.39 is 12.0 Å². The summed E-state index contributed by atoms with van der Waals surface area (Å²) < 4.78 is 12.7. The highest BCUT2D eigenvalue weighted by Gasteiger charge is 2.18. The number of carbonyl (C=O) groups excluding carboxylic acids is 1. The highest BCUT2D eigenvalue weighted by molar-refractivity contribution is 7.99. The van der Waals surface area contributed by atoms with Crippen molar-refractivity contribution < 1.29 is 19.1 Å². The van der Waals surface area contributed by atoms with Gasteiger partial charge in [-0.3, -0.25) is 4.79 Å². The molecule has 0 heterocycles. The minimum atomic E-state index is -1.01. The molecule has 1 amide bonds. The van der Waals surface area contributed by atoms with Crippen LogP contribution in [0.15, 0.2) is 29.2 Å². The summed E-state index contributed by atoms with van der Waals surface area (Å²) in [4.78, 5) is 23.6. The number of benzene rings is 1. The van der Waals surface area contributed by atoms with Crippen molar-refractivity contribution in [1.29, 1.82) is 0 Å². The average molecular weight is 331 g/mol. The van der Waals surface area contributed by atoms with Gasteiger partial charge in [0.05, 0.1) is 0 Å². The molecule has 1 aromatic rings. The molecule has 0 radical (unpaired) electrons. The van der Waals surface area contributed by atoms with Gasteiger partial charge in [-0.2, -0.15) is 11.8 Å². The highest BCUT2D eigenvalue weighted by atomic mass is 32.2. The van der Waals surface area contributed by atoms with Crippen LogP contribution in [0, 0.1) is 5.82 Å². The Morgan fingerprint density at radius 2 is 1.95 bits per heavy atom. The monoisotopic (exact) mass is 331 g/mol. The van der Waals surface area contributed by atoms with Crippen LogP contribution in [-0.2, 0) is 9.59 Å². The first kappa shape index (κ1) is 17.8. The molecule has 0 spiro atoms. The summed E-state index contributed by atoms with van der Waals surface area (Å²) in [5.74, 6) is -0.384. The largest absolute Gasteiger partial charge is 0.480 e. The first-order valence-electron chi connectivity index (χ1n) is 6.42. The molecule has 0 aliphatic heterocycles. The zero-order valence-electron chi connectivity index (χ0n) is 11.7. The van der Waals surface area contributed by atoms with Crippen LogP contribution in [0.4, 0.5) is 4.39 Å². The van der Waals surface area contributed by atoms with Crippen molar-refractivity contribution in [2.45, 2.75) is 23.8 Å². The third-order valence-electron chi connectivity index (χ3n) is 2.66. The summed E-state index contributed by atoms with van der Waals surface area (Å²) in [6, 6.07) is 5.20. The van der Waals surface area contributed by atoms with Gasteiger partial charge in [-0.15, -0.1) is 11.8 Å². The number of nitrogens with one attached hydrogen (secondary N) is 1. The number of aliphatic carboxylic acids is 1. The molecule has 116 valence electrons. The molecule has 4 nitrogen and oxygen atoms in total. The second-order valence-corrected chi connectivity index (χ2v) is 6.45. The number of hydrogen-bond acceptors (Lipinski definition) is 4. The molecular formula is C14H18FNO3S2. The minimum absolute atomic E-state index is 0.227. The summed E-state index contributed by atoms with van der Waals surface area (Å²) in [6.45, 7) is 0. The smallest absolute Gasteiger partial charge is 0.326 e. The Morgan fingerprint density at radius 1 is 1.29 bits per heavy atom. The maximum atomic E-state index is 12.7. The molecule has 1 unspecified atom stereocenters. The topological polar surface area (TPSA) is 66.4 Å². The second kappa shape index (κ2) is 9.68. The van der Waals surface area contributed by atoms with E-state index >= 15 is 0 Å². The SMILES string of the molecule is CSCCC(NC(=O)CCSc1ccc(F)cc1)C(=O)O. The second-order valence-electron chi connectivity index (χ2n) is 4.29. The molecule has 0 saturated heterocycles. The van der Waals surface area contributed by atoms with Crippen molar-refractivity contribution in [1.82, 2.24) is 5.32 Å². The lowest BCUT2D eigenvalue weighted by Crippen LogP contribution is -2.41. The lowest BCUT2D eigenvalue weighted by atomic mass is 10.2. The fraction of sp³-hybridized carbons (Fsp3) is 0.429. The first-order chi connectivity index (χ1) is 10.0. The fourth-order valence-electron chi connectivity index (χ4n) is 1.55. The highest BCUT2D eigenvalue weighted by Crippen LogP contribution is 2.18. The van der Waals surface area contributed by atoms with Crippen LogP contribution in [0.3, 0.4) is 0 Å². The standard InChI is InChI=1S/C14H18FNO3S2/c1-20-8-6-12(14(18)19)16-13(17)7-9-21-11-4-2-10(15)3-5-11/h2-5,12H,6-9H2,1H3,(H,16,17)(H,18,19). The quantitative estimate of drug-likeness (QED) is 0.681. The Labute approximate surface area is 131 Å². The molecule has 1 rings (SSSR count). The van der Waals surface area contributed by atoms with Gasteiger partial charge in [-0.1, -0.05) is 0 Å².